The summed E-state index contributed by atoms with van der Waals surface area (Å²) in [6, 6.07) is 11.2. The van der Waals surface area contributed by atoms with Crippen molar-refractivity contribution in [1.29, 1.82) is 0 Å². The number of carbonyl (C=O) groups is 2. The zero-order valence-electron chi connectivity index (χ0n) is 20.7. The van der Waals surface area contributed by atoms with Crippen molar-refractivity contribution in [3.63, 3.8) is 0 Å². The lowest BCUT2D eigenvalue weighted by Crippen LogP contribution is -2.21. The fourth-order valence-corrected chi connectivity index (χ4v) is 4.58. The standard InChI is InChI=1S/C26H29N7O3/c1-31-14-11-18(30-31)17-7-6-8-19(27-17)26(35)29-21-15-22-20(16-23(21)33-12-4-5-13-33)28-24(32(22)2)9-10-25(34)36-3/h6-8,11,14-16H,4-5,9-10,12-13H2,1-3H3,(H,29,35). The van der Waals surface area contributed by atoms with Gasteiger partial charge in [-0.05, 0) is 43.2 Å². The van der Waals surface area contributed by atoms with Crippen molar-refractivity contribution in [3.8, 4) is 11.4 Å². The van der Waals surface area contributed by atoms with Gasteiger partial charge in [-0.2, -0.15) is 5.10 Å². The van der Waals surface area contributed by atoms with Crippen LogP contribution in [0, 0.1) is 0 Å². The lowest BCUT2D eigenvalue weighted by Gasteiger charge is -2.22. The average molecular weight is 488 g/mol. The van der Waals surface area contributed by atoms with Crippen LogP contribution in [0.3, 0.4) is 0 Å². The van der Waals surface area contributed by atoms with E-state index in [1.54, 1.807) is 10.7 Å². The van der Waals surface area contributed by atoms with E-state index in [4.69, 9.17) is 9.72 Å². The van der Waals surface area contributed by atoms with Crippen LogP contribution in [-0.4, -0.2) is 56.4 Å². The number of esters is 1. The predicted octanol–water partition coefficient (Wildman–Crippen LogP) is 3.33. The molecule has 1 aliphatic heterocycles. The first kappa shape index (κ1) is 23.5. The smallest absolute Gasteiger partial charge is 0.305 e. The molecule has 4 aromatic rings. The van der Waals surface area contributed by atoms with Gasteiger partial charge in [-0.25, -0.2) is 9.97 Å². The maximum Gasteiger partial charge on any atom is 0.305 e. The van der Waals surface area contributed by atoms with Gasteiger partial charge in [-0.15, -0.1) is 0 Å². The van der Waals surface area contributed by atoms with Crippen molar-refractivity contribution >= 4 is 34.3 Å². The summed E-state index contributed by atoms with van der Waals surface area (Å²) >= 11 is 0. The molecule has 3 aromatic heterocycles. The zero-order valence-corrected chi connectivity index (χ0v) is 20.7. The number of aryl methyl sites for hydroxylation is 3. The first-order chi connectivity index (χ1) is 17.4. The average Bonchev–Trinajstić information content (AvgIpc) is 3.64. The van der Waals surface area contributed by atoms with E-state index < -0.39 is 0 Å². The van der Waals surface area contributed by atoms with Gasteiger partial charge in [-0.3, -0.25) is 14.3 Å². The number of nitrogens with zero attached hydrogens (tertiary/aromatic N) is 6. The SMILES string of the molecule is COC(=O)CCc1nc2cc(N3CCCC3)c(NC(=O)c3cccc(-c4ccn(C)n4)n3)cc2n1C. The molecule has 5 rings (SSSR count). The van der Waals surface area contributed by atoms with E-state index in [0.717, 1.165) is 48.5 Å². The first-order valence-electron chi connectivity index (χ1n) is 12.0. The number of benzene rings is 1. The Balaban J connectivity index is 1.48. The van der Waals surface area contributed by atoms with Crippen molar-refractivity contribution in [3.05, 3.63) is 54.1 Å². The highest BCUT2D eigenvalue weighted by Crippen LogP contribution is 2.34. The third kappa shape index (κ3) is 4.66. The second-order valence-corrected chi connectivity index (χ2v) is 8.95. The molecule has 10 heteroatoms. The number of ether oxygens (including phenoxy) is 1. The Morgan fingerprint density at radius 1 is 1.06 bits per heavy atom. The molecule has 0 unspecified atom stereocenters. The number of methoxy groups -OCH3 is 1. The van der Waals surface area contributed by atoms with Crippen LogP contribution in [0.5, 0.6) is 0 Å². The largest absolute Gasteiger partial charge is 0.469 e. The molecule has 0 spiro atoms. The normalized spacial score (nSPS) is 13.4. The lowest BCUT2D eigenvalue weighted by atomic mass is 10.2. The van der Waals surface area contributed by atoms with Gasteiger partial charge < -0.3 is 19.5 Å². The van der Waals surface area contributed by atoms with E-state index in [-0.39, 0.29) is 18.3 Å². The molecule has 0 bridgehead atoms. The molecule has 1 saturated heterocycles. The Morgan fingerprint density at radius 2 is 1.86 bits per heavy atom. The van der Waals surface area contributed by atoms with E-state index in [1.165, 1.54) is 7.11 Å². The van der Waals surface area contributed by atoms with Crippen molar-refractivity contribution < 1.29 is 14.3 Å². The number of pyridine rings is 1. The van der Waals surface area contributed by atoms with Gasteiger partial charge in [0.05, 0.1) is 41.6 Å². The monoisotopic (exact) mass is 487 g/mol. The Labute approximate surface area is 208 Å². The van der Waals surface area contributed by atoms with E-state index in [1.807, 2.05) is 55.2 Å². The minimum atomic E-state index is -0.291. The molecule has 10 nitrogen and oxygen atoms in total. The van der Waals surface area contributed by atoms with Gasteiger partial charge in [0.25, 0.3) is 5.91 Å². The van der Waals surface area contributed by atoms with Crippen LogP contribution in [-0.2, 0) is 30.0 Å². The van der Waals surface area contributed by atoms with Gasteiger partial charge >= 0.3 is 5.97 Å². The van der Waals surface area contributed by atoms with E-state index in [9.17, 15) is 9.59 Å². The van der Waals surface area contributed by atoms with Crippen LogP contribution >= 0.6 is 0 Å². The van der Waals surface area contributed by atoms with E-state index >= 15 is 0 Å². The van der Waals surface area contributed by atoms with Crippen molar-refractivity contribution in [1.82, 2.24) is 24.3 Å². The molecule has 36 heavy (non-hydrogen) atoms. The molecule has 1 aliphatic rings. The van der Waals surface area contributed by atoms with Crippen LogP contribution in [0.4, 0.5) is 11.4 Å². The summed E-state index contributed by atoms with van der Waals surface area (Å²) in [5.41, 5.74) is 5.01. The molecule has 1 N–H and O–H groups in total. The maximum absolute atomic E-state index is 13.3. The quantitative estimate of drug-likeness (QED) is 0.399. The van der Waals surface area contributed by atoms with Gasteiger partial charge in [0.2, 0.25) is 0 Å². The Hall–Kier alpha value is -4.21. The number of carbonyl (C=O) groups excluding carboxylic acids is 2. The molecule has 186 valence electrons. The number of hydrogen-bond acceptors (Lipinski definition) is 7. The highest BCUT2D eigenvalue weighted by atomic mass is 16.5. The van der Waals surface area contributed by atoms with Crippen LogP contribution in [0.1, 0.15) is 35.6 Å². The number of imidazole rings is 1. The van der Waals surface area contributed by atoms with Crippen molar-refractivity contribution in [2.75, 3.05) is 30.4 Å². The topological polar surface area (TPSA) is 107 Å². The molecule has 1 amide bonds. The summed E-state index contributed by atoms with van der Waals surface area (Å²) in [5.74, 6) is 0.227. The predicted molar refractivity (Wildman–Crippen MR) is 137 cm³/mol. The molecular formula is C26H29N7O3. The summed E-state index contributed by atoms with van der Waals surface area (Å²) in [5, 5.41) is 7.48. The Bertz CT molecular complexity index is 1430. The van der Waals surface area contributed by atoms with E-state index in [0.29, 0.717) is 29.2 Å². The van der Waals surface area contributed by atoms with Crippen LogP contribution in [0.15, 0.2) is 42.6 Å². The molecular weight excluding hydrogens is 458 g/mol. The molecule has 1 fully saturated rings. The van der Waals surface area contributed by atoms with Crippen LogP contribution < -0.4 is 10.2 Å². The van der Waals surface area contributed by atoms with Crippen molar-refractivity contribution in [2.24, 2.45) is 14.1 Å². The summed E-state index contributed by atoms with van der Waals surface area (Å²) in [7, 11) is 5.14. The molecule has 0 saturated carbocycles. The summed E-state index contributed by atoms with van der Waals surface area (Å²) < 4.78 is 8.44. The summed E-state index contributed by atoms with van der Waals surface area (Å²) in [4.78, 5) is 36.6. The van der Waals surface area contributed by atoms with Crippen molar-refractivity contribution in [2.45, 2.75) is 25.7 Å². The number of nitrogens with one attached hydrogen (secondary N) is 1. The van der Waals surface area contributed by atoms with Gasteiger partial charge in [-0.1, -0.05) is 6.07 Å². The van der Waals surface area contributed by atoms with Crippen LogP contribution in [0.25, 0.3) is 22.4 Å². The minimum Gasteiger partial charge on any atom is -0.469 e. The second-order valence-electron chi connectivity index (χ2n) is 8.95. The number of rotatable bonds is 7. The third-order valence-corrected chi connectivity index (χ3v) is 6.52. The lowest BCUT2D eigenvalue weighted by molar-refractivity contribution is -0.140. The molecule has 1 aromatic carbocycles. The number of hydrogen-bond donors (Lipinski definition) is 1. The summed E-state index contributed by atoms with van der Waals surface area (Å²) in [6.07, 6.45) is 4.78. The molecule has 4 heterocycles. The Kier molecular flexibility index (Phi) is 6.41. The first-order valence-corrected chi connectivity index (χ1v) is 12.0. The zero-order chi connectivity index (χ0) is 25.2. The number of amides is 1. The maximum atomic E-state index is 13.3. The third-order valence-electron chi connectivity index (χ3n) is 6.52. The van der Waals surface area contributed by atoms with Gasteiger partial charge in [0.1, 0.15) is 17.2 Å². The van der Waals surface area contributed by atoms with Crippen LogP contribution in [0.2, 0.25) is 0 Å². The summed E-state index contributed by atoms with van der Waals surface area (Å²) in [6.45, 7) is 1.84. The highest BCUT2D eigenvalue weighted by Gasteiger charge is 2.21. The Morgan fingerprint density at radius 3 is 2.58 bits per heavy atom. The van der Waals surface area contributed by atoms with E-state index in [2.05, 4.69) is 20.3 Å². The number of anilines is 2. The van der Waals surface area contributed by atoms with Gasteiger partial charge in [0, 0.05) is 39.8 Å². The fraction of sp³-hybridized carbons (Fsp3) is 0.346. The molecule has 0 radical (unpaired) electrons. The molecule has 0 aliphatic carbocycles. The minimum absolute atomic E-state index is 0.258. The fourth-order valence-electron chi connectivity index (χ4n) is 4.58. The second kappa shape index (κ2) is 9.80. The highest BCUT2D eigenvalue weighted by molar-refractivity contribution is 6.06. The number of aromatic nitrogens is 5. The molecule has 0 atom stereocenters. The number of fused-ring (bicyclic) bond motifs is 1. The van der Waals surface area contributed by atoms with Gasteiger partial charge in [0.15, 0.2) is 0 Å².